The standard InChI is InChI=1S/C26H26N4O6/c1-15-12-16(2)30(14-22(31)27-18-8-11-20(34-4)21(13-18)35-5)26(32)23(15)25-28-24(29-36-25)17-6-9-19(33-3)10-7-17/h6-13H,14H2,1-5H3,(H,27,31). The topological polar surface area (TPSA) is 118 Å². The van der Waals surface area contributed by atoms with E-state index in [2.05, 4.69) is 15.5 Å². The normalized spacial score (nSPS) is 10.7. The van der Waals surface area contributed by atoms with Crippen molar-refractivity contribution in [1.82, 2.24) is 14.7 Å². The molecule has 4 aromatic rings. The molecular formula is C26H26N4O6. The molecular weight excluding hydrogens is 464 g/mol. The Balaban J connectivity index is 1.60. The third-order valence-corrected chi connectivity index (χ3v) is 5.66. The highest BCUT2D eigenvalue weighted by Crippen LogP contribution is 2.30. The monoisotopic (exact) mass is 490 g/mol. The Morgan fingerprint density at radius 3 is 2.36 bits per heavy atom. The number of hydrogen-bond acceptors (Lipinski definition) is 8. The molecule has 0 saturated carbocycles. The van der Waals surface area contributed by atoms with Gasteiger partial charge in [0.1, 0.15) is 17.9 Å². The number of rotatable bonds is 8. The zero-order valence-electron chi connectivity index (χ0n) is 20.6. The summed E-state index contributed by atoms with van der Waals surface area (Å²) in [5.74, 6) is 1.75. The van der Waals surface area contributed by atoms with Gasteiger partial charge in [0.15, 0.2) is 11.5 Å². The minimum atomic E-state index is -0.403. The largest absolute Gasteiger partial charge is 0.497 e. The molecule has 0 aliphatic rings. The van der Waals surface area contributed by atoms with Gasteiger partial charge in [0.05, 0.1) is 21.3 Å². The second kappa shape index (κ2) is 10.3. The van der Waals surface area contributed by atoms with E-state index in [4.69, 9.17) is 18.7 Å². The van der Waals surface area contributed by atoms with Crippen LogP contribution >= 0.6 is 0 Å². The lowest BCUT2D eigenvalue weighted by molar-refractivity contribution is -0.116. The number of pyridine rings is 1. The van der Waals surface area contributed by atoms with Crippen molar-refractivity contribution >= 4 is 11.6 Å². The number of aromatic nitrogens is 3. The van der Waals surface area contributed by atoms with Crippen molar-refractivity contribution in [2.45, 2.75) is 20.4 Å². The van der Waals surface area contributed by atoms with E-state index in [0.717, 1.165) is 0 Å². The Labute approximate surface area is 207 Å². The van der Waals surface area contributed by atoms with E-state index >= 15 is 0 Å². The third kappa shape index (κ3) is 4.92. The Bertz CT molecular complexity index is 1460. The predicted octanol–water partition coefficient (Wildman–Crippen LogP) is 3.85. The zero-order valence-corrected chi connectivity index (χ0v) is 20.6. The molecule has 1 N–H and O–H groups in total. The fourth-order valence-electron chi connectivity index (χ4n) is 3.82. The molecule has 2 aromatic heterocycles. The number of methoxy groups -OCH3 is 3. The molecule has 0 unspecified atom stereocenters. The summed E-state index contributed by atoms with van der Waals surface area (Å²) in [4.78, 5) is 30.6. The number of nitrogens with one attached hydrogen (secondary N) is 1. The van der Waals surface area contributed by atoms with Gasteiger partial charge in [0.25, 0.3) is 11.4 Å². The molecule has 0 spiro atoms. The van der Waals surface area contributed by atoms with Gasteiger partial charge >= 0.3 is 0 Å². The Kier molecular flexibility index (Phi) is 7.05. The quantitative estimate of drug-likeness (QED) is 0.396. The molecule has 0 aliphatic heterocycles. The fraction of sp³-hybridized carbons (Fsp3) is 0.231. The summed E-state index contributed by atoms with van der Waals surface area (Å²) >= 11 is 0. The summed E-state index contributed by atoms with van der Waals surface area (Å²) in [5.41, 5.74) is 2.35. The first-order valence-electron chi connectivity index (χ1n) is 11.1. The van der Waals surface area contributed by atoms with E-state index in [1.807, 2.05) is 0 Å². The lowest BCUT2D eigenvalue weighted by Gasteiger charge is -2.14. The summed E-state index contributed by atoms with van der Waals surface area (Å²) in [6.45, 7) is 3.35. The second-order valence-electron chi connectivity index (χ2n) is 8.00. The molecule has 2 aromatic carbocycles. The van der Waals surface area contributed by atoms with Crippen molar-refractivity contribution in [3.05, 3.63) is 70.1 Å². The maximum absolute atomic E-state index is 13.4. The van der Waals surface area contributed by atoms with Crippen LogP contribution in [0.25, 0.3) is 22.8 Å². The van der Waals surface area contributed by atoms with Gasteiger partial charge in [-0.25, -0.2) is 0 Å². The number of nitrogens with zero attached hydrogens (tertiary/aromatic N) is 3. The van der Waals surface area contributed by atoms with Gasteiger partial charge in [0, 0.05) is 23.0 Å². The Morgan fingerprint density at radius 2 is 1.69 bits per heavy atom. The highest BCUT2D eigenvalue weighted by molar-refractivity contribution is 5.91. The summed E-state index contributed by atoms with van der Waals surface area (Å²) in [7, 11) is 4.63. The van der Waals surface area contributed by atoms with Crippen molar-refractivity contribution in [2.75, 3.05) is 26.6 Å². The molecule has 0 fully saturated rings. The van der Waals surface area contributed by atoms with Crippen LogP contribution in [-0.4, -0.2) is 41.9 Å². The van der Waals surface area contributed by atoms with Gasteiger partial charge in [-0.2, -0.15) is 4.98 Å². The SMILES string of the molecule is COc1ccc(-c2noc(-c3c(C)cc(C)n(CC(=O)Nc4ccc(OC)c(OC)c4)c3=O)n2)cc1. The van der Waals surface area contributed by atoms with Crippen LogP contribution in [-0.2, 0) is 11.3 Å². The highest BCUT2D eigenvalue weighted by atomic mass is 16.5. The maximum Gasteiger partial charge on any atom is 0.264 e. The van der Waals surface area contributed by atoms with Crippen LogP contribution in [0.4, 0.5) is 5.69 Å². The molecule has 1 amide bonds. The lowest BCUT2D eigenvalue weighted by atomic mass is 10.1. The number of amides is 1. The molecule has 10 heteroatoms. The third-order valence-electron chi connectivity index (χ3n) is 5.66. The molecule has 0 saturated heterocycles. The van der Waals surface area contributed by atoms with E-state index in [1.54, 1.807) is 69.5 Å². The lowest BCUT2D eigenvalue weighted by Crippen LogP contribution is -2.30. The van der Waals surface area contributed by atoms with Crippen LogP contribution in [0.2, 0.25) is 0 Å². The summed E-state index contributed by atoms with van der Waals surface area (Å²) in [6.07, 6.45) is 0. The number of anilines is 1. The maximum atomic E-state index is 13.4. The van der Waals surface area contributed by atoms with E-state index in [-0.39, 0.29) is 23.9 Å². The van der Waals surface area contributed by atoms with Gasteiger partial charge in [-0.1, -0.05) is 5.16 Å². The van der Waals surface area contributed by atoms with Gasteiger partial charge < -0.3 is 28.6 Å². The predicted molar refractivity (Wildman–Crippen MR) is 134 cm³/mol. The Morgan fingerprint density at radius 1 is 0.972 bits per heavy atom. The first-order valence-corrected chi connectivity index (χ1v) is 11.1. The molecule has 186 valence electrons. The highest BCUT2D eigenvalue weighted by Gasteiger charge is 2.20. The first kappa shape index (κ1) is 24.5. The van der Waals surface area contributed by atoms with E-state index in [1.165, 1.54) is 18.8 Å². The molecule has 36 heavy (non-hydrogen) atoms. The number of hydrogen-bond donors (Lipinski definition) is 1. The summed E-state index contributed by atoms with van der Waals surface area (Å²) in [6, 6.07) is 14.0. The smallest absolute Gasteiger partial charge is 0.264 e. The molecule has 0 atom stereocenters. The fourth-order valence-corrected chi connectivity index (χ4v) is 3.82. The average Bonchev–Trinajstić information content (AvgIpc) is 3.36. The van der Waals surface area contributed by atoms with E-state index in [0.29, 0.717) is 45.6 Å². The molecule has 0 bridgehead atoms. The van der Waals surface area contributed by atoms with Crippen molar-refractivity contribution in [2.24, 2.45) is 0 Å². The summed E-state index contributed by atoms with van der Waals surface area (Å²) in [5, 5.41) is 6.81. The molecule has 2 heterocycles. The molecule has 4 rings (SSSR count). The number of benzene rings is 2. The molecule has 0 aliphatic carbocycles. The van der Waals surface area contributed by atoms with Crippen molar-refractivity contribution in [1.29, 1.82) is 0 Å². The van der Waals surface area contributed by atoms with Gasteiger partial charge in [-0.3, -0.25) is 9.59 Å². The van der Waals surface area contributed by atoms with Gasteiger partial charge in [-0.05, 0) is 61.9 Å². The van der Waals surface area contributed by atoms with Crippen molar-refractivity contribution in [3.63, 3.8) is 0 Å². The number of carbonyl (C=O) groups is 1. The molecule has 0 radical (unpaired) electrons. The Hall–Kier alpha value is -4.60. The van der Waals surface area contributed by atoms with Crippen LogP contribution in [0.15, 0.2) is 57.8 Å². The van der Waals surface area contributed by atoms with Crippen LogP contribution < -0.4 is 25.1 Å². The zero-order chi connectivity index (χ0) is 25.8. The van der Waals surface area contributed by atoms with Gasteiger partial charge in [0.2, 0.25) is 11.7 Å². The minimum Gasteiger partial charge on any atom is -0.497 e. The van der Waals surface area contributed by atoms with Crippen molar-refractivity contribution < 1.29 is 23.5 Å². The second-order valence-corrected chi connectivity index (χ2v) is 8.00. The van der Waals surface area contributed by atoms with Crippen LogP contribution in [0.5, 0.6) is 17.2 Å². The van der Waals surface area contributed by atoms with E-state index < -0.39 is 5.56 Å². The van der Waals surface area contributed by atoms with Crippen LogP contribution in [0.1, 0.15) is 11.3 Å². The molecule has 10 nitrogen and oxygen atoms in total. The average molecular weight is 491 g/mol. The summed E-state index contributed by atoms with van der Waals surface area (Å²) < 4.78 is 22.5. The van der Waals surface area contributed by atoms with Gasteiger partial charge in [-0.15, -0.1) is 0 Å². The number of ether oxygens (including phenoxy) is 3. The number of carbonyl (C=O) groups excluding carboxylic acids is 1. The number of aryl methyl sites for hydroxylation is 2. The first-order chi connectivity index (χ1) is 17.3. The van der Waals surface area contributed by atoms with Crippen LogP contribution in [0, 0.1) is 13.8 Å². The van der Waals surface area contributed by atoms with Crippen LogP contribution in [0.3, 0.4) is 0 Å². The van der Waals surface area contributed by atoms with Crippen molar-refractivity contribution in [3.8, 4) is 40.1 Å². The van der Waals surface area contributed by atoms with E-state index in [9.17, 15) is 9.59 Å². The minimum absolute atomic E-state index is 0.0809.